The fraction of sp³-hybridized carbons (Fsp3) is 0.100. The molecule has 0 spiro atoms. The summed E-state index contributed by atoms with van der Waals surface area (Å²) in [7, 11) is 0. The number of phenolic OH excluding ortho intramolecular Hbond substituents is 1. The predicted octanol–water partition coefficient (Wildman–Crippen LogP) is 3.10. The lowest BCUT2D eigenvalue weighted by Gasteiger charge is -2.14. The first-order chi connectivity index (χ1) is 14.3. The monoisotopic (exact) mass is 461 g/mol. The standard InChI is InChI=1S/C20H16ClN3O4S2/c21-15-4-2-1-3-13(15)11-16-19(28)24(20(29)30-16)10-9-17(26)22-23-18(27)12-5-7-14(25)8-6-12/h1-8,11,25H,9-10H2,(H,22,26)(H,23,27). The Morgan fingerprint density at radius 3 is 2.53 bits per heavy atom. The van der Waals surface area contributed by atoms with Gasteiger partial charge >= 0.3 is 0 Å². The van der Waals surface area contributed by atoms with Gasteiger partial charge in [0.05, 0.1) is 4.91 Å². The molecule has 0 atom stereocenters. The van der Waals surface area contributed by atoms with Gasteiger partial charge in [0.1, 0.15) is 10.1 Å². The molecule has 3 amide bonds. The van der Waals surface area contributed by atoms with Gasteiger partial charge in [-0.1, -0.05) is 53.8 Å². The van der Waals surface area contributed by atoms with Crippen LogP contribution < -0.4 is 10.9 Å². The van der Waals surface area contributed by atoms with Crippen molar-refractivity contribution in [1.82, 2.24) is 15.8 Å². The van der Waals surface area contributed by atoms with Crippen molar-refractivity contribution in [3.63, 3.8) is 0 Å². The van der Waals surface area contributed by atoms with Crippen LogP contribution in [0.2, 0.25) is 5.02 Å². The molecular weight excluding hydrogens is 446 g/mol. The summed E-state index contributed by atoms with van der Waals surface area (Å²) in [6.45, 7) is 0.0748. The molecular formula is C20H16ClN3O4S2. The molecule has 0 bridgehead atoms. The molecule has 30 heavy (non-hydrogen) atoms. The van der Waals surface area contributed by atoms with Crippen LogP contribution in [0.15, 0.2) is 53.4 Å². The molecule has 1 saturated heterocycles. The van der Waals surface area contributed by atoms with Crippen molar-refractivity contribution < 1.29 is 19.5 Å². The average molecular weight is 462 g/mol. The molecule has 2 aromatic rings. The lowest BCUT2D eigenvalue weighted by molar-refractivity contribution is -0.124. The van der Waals surface area contributed by atoms with Gasteiger partial charge in [-0.2, -0.15) is 0 Å². The summed E-state index contributed by atoms with van der Waals surface area (Å²) in [6.07, 6.45) is 1.61. The van der Waals surface area contributed by atoms with Crippen molar-refractivity contribution in [2.75, 3.05) is 6.54 Å². The number of hydrogen-bond acceptors (Lipinski definition) is 6. The van der Waals surface area contributed by atoms with E-state index in [1.807, 2.05) is 6.07 Å². The van der Waals surface area contributed by atoms with Crippen LogP contribution in [0.3, 0.4) is 0 Å². The van der Waals surface area contributed by atoms with Crippen molar-refractivity contribution in [2.45, 2.75) is 6.42 Å². The minimum Gasteiger partial charge on any atom is -0.508 e. The number of nitrogens with zero attached hydrogens (tertiary/aromatic N) is 1. The molecule has 1 aliphatic heterocycles. The lowest BCUT2D eigenvalue weighted by Crippen LogP contribution is -2.43. The smallest absolute Gasteiger partial charge is 0.269 e. The number of hydrazine groups is 1. The van der Waals surface area contributed by atoms with E-state index in [0.717, 1.165) is 11.8 Å². The normalized spacial score (nSPS) is 14.8. The Hall–Kier alpha value is -2.88. The van der Waals surface area contributed by atoms with Gasteiger partial charge in [0.15, 0.2) is 0 Å². The van der Waals surface area contributed by atoms with E-state index in [1.54, 1.807) is 24.3 Å². The Kier molecular flexibility index (Phi) is 7.09. The Balaban J connectivity index is 1.52. The third-order valence-electron chi connectivity index (χ3n) is 4.07. The first-order valence-corrected chi connectivity index (χ1v) is 10.3. The third-order valence-corrected chi connectivity index (χ3v) is 5.79. The van der Waals surface area contributed by atoms with Crippen molar-refractivity contribution in [3.05, 3.63) is 69.6 Å². The Bertz CT molecular complexity index is 1040. The topological polar surface area (TPSA) is 98.7 Å². The van der Waals surface area contributed by atoms with Crippen molar-refractivity contribution >= 4 is 63.7 Å². The minimum absolute atomic E-state index is 0.0302. The molecule has 10 heteroatoms. The Labute approximate surface area is 187 Å². The average Bonchev–Trinajstić information content (AvgIpc) is 2.99. The van der Waals surface area contributed by atoms with Crippen LogP contribution in [-0.4, -0.2) is 38.6 Å². The number of amides is 3. The number of hydrogen-bond donors (Lipinski definition) is 3. The van der Waals surface area contributed by atoms with Gasteiger partial charge in [0.25, 0.3) is 11.8 Å². The van der Waals surface area contributed by atoms with Crippen molar-refractivity contribution in [3.8, 4) is 5.75 Å². The van der Waals surface area contributed by atoms with Gasteiger partial charge < -0.3 is 5.11 Å². The highest BCUT2D eigenvalue weighted by molar-refractivity contribution is 8.26. The minimum atomic E-state index is -0.531. The molecule has 1 aliphatic rings. The van der Waals surface area contributed by atoms with Crippen LogP contribution in [0.5, 0.6) is 5.75 Å². The molecule has 0 unspecified atom stereocenters. The molecule has 7 nitrogen and oxygen atoms in total. The summed E-state index contributed by atoms with van der Waals surface area (Å²) in [6, 6.07) is 12.7. The van der Waals surface area contributed by atoms with Crippen LogP contribution in [0.1, 0.15) is 22.3 Å². The van der Waals surface area contributed by atoms with E-state index in [0.29, 0.717) is 19.8 Å². The summed E-state index contributed by atoms with van der Waals surface area (Å²) in [5.74, 6) is -1.28. The van der Waals surface area contributed by atoms with Gasteiger partial charge in [0.2, 0.25) is 5.91 Å². The fourth-order valence-electron chi connectivity index (χ4n) is 2.51. The highest BCUT2D eigenvalue weighted by Gasteiger charge is 2.32. The SMILES string of the molecule is O=C(CCN1C(=O)C(=Cc2ccccc2Cl)SC1=S)NNC(=O)c1ccc(O)cc1. The van der Waals surface area contributed by atoms with E-state index in [4.69, 9.17) is 23.8 Å². The number of carbonyl (C=O) groups is 3. The molecule has 3 rings (SSSR count). The van der Waals surface area contributed by atoms with Crippen LogP contribution in [0, 0.1) is 0 Å². The van der Waals surface area contributed by atoms with Gasteiger partial charge in [0, 0.05) is 23.6 Å². The van der Waals surface area contributed by atoms with Crippen molar-refractivity contribution in [1.29, 1.82) is 0 Å². The third kappa shape index (κ3) is 5.38. The molecule has 0 aliphatic carbocycles. The van der Waals surface area contributed by atoms with Crippen LogP contribution >= 0.6 is 35.6 Å². The number of halogens is 1. The van der Waals surface area contributed by atoms with E-state index in [1.165, 1.54) is 29.2 Å². The van der Waals surface area contributed by atoms with E-state index < -0.39 is 11.8 Å². The highest BCUT2D eigenvalue weighted by atomic mass is 35.5. The van der Waals surface area contributed by atoms with Crippen LogP contribution in [0.4, 0.5) is 0 Å². The second-order valence-electron chi connectivity index (χ2n) is 6.15. The molecule has 1 fully saturated rings. The molecule has 0 radical (unpaired) electrons. The summed E-state index contributed by atoms with van der Waals surface area (Å²) in [5, 5.41) is 9.75. The number of benzene rings is 2. The van der Waals surface area contributed by atoms with Gasteiger partial charge in [-0.15, -0.1) is 0 Å². The largest absolute Gasteiger partial charge is 0.508 e. The first-order valence-electron chi connectivity index (χ1n) is 8.73. The lowest BCUT2D eigenvalue weighted by atomic mass is 10.2. The van der Waals surface area contributed by atoms with Crippen molar-refractivity contribution in [2.24, 2.45) is 0 Å². The molecule has 0 aromatic heterocycles. The zero-order chi connectivity index (χ0) is 21.7. The van der Waals surface area contributed by atoms with Gasteiger partial charge in [-0.3, -0.25) is 30.1 Å². The zero-order valence-corrected chi connectivity index (χ0v) is 17.8. The van der Waals surface area contributed by atoms with Crippen LogP contribution in [-0.2, 0) is 9.59 Å². The predicted molar refractivity (Wildman–Crippen MR) is 120 cm³/mol. The van der Waals surface area contributed by atoms with E-state index in [-0.39, 0.29) is 30.2 Å². The zero-order valence-electron chi connectivity index (χ0n) is 15.4. The molecule has 154 valence electrons. The fourth-order valence-corrected chi connectivity index (χ4v) is 4.00. The quantitative estimate of drug-likeness (QED) is 0.359. The Morgan fingerprint density at radius 1 is 1.13 bits per heavy atom. The summed E-state index contributed by atoms with van der Waals surface area (Å²) >= 11 is 12.5. The summed E-state index contributed by atoms with van der Waals surface area (Å²) in [5.41, 5.74) is 5.54. The van der Waals surface area contributed by atoms with E-state index in [2.05, 4.69) is 10.9 Å². The molecule has 1 heterocycles. The second kappa shape index (κ2) is 9.75. The highest BCUT2D eigenvalue weighted by Crippen LogP contribution is 2.33. The maximum Gasteiger partial charge on any atom is 0.269 e. The first kappa shape index (κ1) is 21.8. The van der Waals surface area contributed by atoms with E-state index in [9.17, 15) is 19.5 Å². The molecule has 2 aromatic carbocycles. The van der Waals surface area contributed by atoms with Gasteiger partial charge in [-0.25, -0.2) is 0 Å². The summed E-state index contributed by atoms with van der Waals surface area (Å²) < 4.78 is 0.347. The number of thiocarbonyl (C=S) groups is 1. The number of phenols is 1. The summed E-state index contributed by atoms with van der Waals surface area (Å²) in [4.78, 5) is 38.4. The molecule has 3 N–H and O–H groups in total. The number of thioether (sulfide) groups is 1. The van der Waals surface area contributed by atoms with E-state index >= 15 is 0 Å². The maximum absolute atomic E-state index is 12.6. The number of nitrogens with one attached hydrogen (secondary N) is 2. The van der Waals surface area contributed by atoms with Gasteiger partial charge in [-0.05, 0) is 42.0 Å². The van der Waals surface area contributed by atoms with Crippen LogP contribution in [0.25, 0.3) is 6.08 Å². The Morgan fingerprint density at radius 2 is 1.83 bits per heavy atom. The second-order valence-corrected chi connectivity index (χ2v) is 8.24. The maximum atomic E-state index is 12.6. The number of aromatic hydroxyl groups is 1. The molecule has 0 saturated carbocycles. The number of carbonyl (C=O) groups excluding carboxylic acids is 3. The number of rotatable bonds is 5.